The Kier molecular flexibility index (Phi) is 6.46. The Morgan fingerprint density at radius 3 is 2.50 bits per heavy atom. The van der Waals surface area contributed by atoms with Crippen LogP contribution in [0.25, 0.3) is 0 Å². The third-order valence-electron chi connectivity index (χ3n) is 3.44. The third-order valence-corrected chi connectivity index (χ3v) is 3.44. The molecular formula is C13H24O3. The maximum absolute atomic E-state index is 10.8. The molecule has 0 radical (unpaired) electrons. The molecule has 1 rings (SSSR count). The number of carbonyl (C=O) groups is 1. The summed E-state index contributed by atoms with van der Waals surface area (Å²) in [5, 5.41) is 8.87. The van der Waals surface area contributed by atoms with Crippen molar-refractivity contribution in [2.24, 2.45) is 11.8 Å². The highest BCUT2D eigenvalue weighted by molar-refractivity contribution is 5.69. The van der Waals surface area contributed by atoms with Gasteiger partial charge in [-0.1, -0.05) is 19.8 Å². The Balaban J connectivity index is 2.02. The van der Waals surface area contributed by atoms with Crippen LogP contribution in [-0.2, 0) is 9.53 Å². The minimum atomic E-state index is -0.623. The van der Waals surface area contributed by atoms with Gasteiger partial charge in [-0.25, -0.2) is 0 Å². The van der Waals surface area contributed by atoms with Crippen molar-refractivity contribution in [3.8, 4) is 0 Å². The van der Waals surface area contributed by atoms with Gasteiger partial charge >= 0.3 is 5.97 Å². The van der Waals surface area contributed by atoms with Crippen molar-refractivity contribution in [1.29, 1.82) is 0 Å². The largest absolute Gasteiger partial charge is 0.481 e. The number of carboxylic acids is 1. The first-order valence-corrected chi connectivity index (χ1v) is 6.54. The Bertz CT molecular complexity index is 195. The Hall–Kier alpha value is -0.570. The molecule has 1 saturated carbocycles. The number of rotatable bonds is 7. The number of unbranched alkanes of at least 4 members (excludes halogenated alkanes) is 2. The van der Waals surface area contributed by atoms with Gasteiger partial charge in [0, 0.05) is 13.2 Å². The highest BCUT2D eigenvalue weighted by Gasteiger charge is 2.25. The average Bonchev–Trinajstić information content (AvgIpc) is 2.29. The third kappa shape index (κ3) is 4.97. The first-order chi connectivity index (χ1) is 7.74. The lowest BCUT2D eigenvalue weighted by Crippen LogP contribution is -2.23. The number of ether oxygens (including phenoxy) is 1. The van der Waals surface area contributed by atoms with Crippen molar-refractivity contribution in [1.82, 2.24) is 0 Å². The summed E-state index contributed by atoms with van der Waals surface area (Å²) in [5.41, 5.74) is 0. The van der Waals surface area contributed by atoms with E-state index in [0.717, 1.165) is 45.3 Å². The number of hydrogen-bond donors (Lipinski definition) is 1. The summed E-state index contributed by atoms with van der Waals surface area (Å²) < 4.78 is 5.62. The van der Waals surface area contributed by atoms with Gasteiger partial charge in [0.25, 0.3) is 0 Å². The average molecular weight is 228 g/mol. The van der Waals surface area contributed by atoms with Gasteiger partial charge in [-0.05, 0) is 38.0 Å². The zero-order valence-corrected chi connectivity index (χ0v) is 10.3. The highest BCUT2D eigenvalue weighted by Crippen LogP contribution is 2.29. The lowest BCUT2D eigenvalue weighted by atomic mass is 9.82. The Morgan fingerprint density at radius 1 is 1.25 bits per heavy atom. The van der Waals surface area contributed by atoms with Gasteiger partial charge in [0.1, 0.15) is 0 Å². The Morgan fingerprint density at radius 2 is 1.94 bits per heavy atom. The van der Waals surface area contributed by atoms with Crippen LogP contribution in [0.1, 0.15) is 51.9 Å². The highest BCUT2D eigenvalue weighted by atomic mass is 16.5. The van der Waals surface area contributed by atoms with Crippen LogP contribution in [0.15, 0.2) is 0 Å². The molecule has 0 spiro atoms. The minimum absolute atomic E-state index is 0.101. The van der Waals surface area contributed by atoms with E-state index in [-0.39, 0.29) is 5.92 Å². The summed E-state index contributed by atoms with van der Waals surface area (Å²) >= 11 is 0. The van der Waals surface area contributed by atoms with E-state index in [4.69, 9.17) is 9.84 Å². The summed E-state index contributed by atoms with van der Waals surface area (Å²) in [7, 11) is 0. The maximum Gasteiger partial charge on any atom is 0.306 e. The molecule has 94 valence electrons. The van der Waals surface area contributed by atoms with Crippen molar-refractivity contribution < 1.29 is 14.6 Å². The number of aliphatic carboxylic acids is 1. The summed E-state index contributed by atoms with van der Waals surface area (Å²) in [6.45, 7) is 3.88. The van der Waals surface area contributed by atoms with Crippen molar-refractivity contribution in [3.63, 3.8) is 0 Å². The van der Waals surface area contributed by atoms with E-state index in [0.29, 0.717) is 5.92 Å². The minimum Gasteiger partial charge on any atom is -0.481 e. The van der Waals surface area contributed by atoms with Crippen molar-refractivity contribution in [3.05, 3.63) is 0 Å². The predicted molar refractivity (Wildman–Crippen MR) is 63.4 cm³/mol. The Labute approximate surface area is 98.2 Å². The molecule has 0 aromatic heterocycles. The van der Waals surface area contributed by atoms with Crippen molar-refractivity contribution >= 4 is 5.97 Å². The standard InChI is InChI=1S/C13H24O3/c1-2-3-4-9-16-10-11-5-7-12(8-6-11)13(14)15/h11-12H,2-10H2,1H3,(H,14,15). The second kappa shape index (κ2) is 7.66. The van der Waals surface area contributed by atoms with Gasteiger partial charge < -0.3 is 9.84 Å². The van der Waals surface area contributed by atoms with Crippen LogP contribution in [0.2, 0.25) is 0 Å². The van der Waals surface area contributed by atoms with Gasteiger partial charge in [0.2, 0.25) is 0 Å². The fraction of sp³-hybridized carbons (Fsp3) is 0.923. The normalized spacial score (nSPS) is 25.6. The van der Waals surface area contributed by atoms with Gasteiger partial charge in [-0.2, -0.15) is 0 Å². The van der Waals surface area contributed by atoms with Gasteiger partial charge in [-0.3, -0.25) is 4.79 Å². The van der Waals surface area contributed by atoms with E-state index in [9.17, 15) is 4.79 Å². The van der Waals surface area contributed by atoms with Gasteiger partial charge in [-0.15, -0.1) is 0 Å². The molecule has 0 amide bonds. The molecule has 0 bridgehead atoms. The van der Waals surface area contributed by atoms with Crippen molar-refractivity contribution in [2.45, 2.75) is 51.9 Å². The molecule has 3 heteroatoms. The molecule has 1 fully saturated rings. The zero-order valence-electron chi connectivity index (χ0n) is 10.3. The molecule has 1 N–H and O–H groups in total. The molecule has 0 unspecified atom stereocenters. The molecule has 0 aromatic rings. The fourth-order valence-corrected chi connectivity index (χ4v) is 2.28. The van der Waals surface area contributed by atoms with Crippen molar-refractivity contribution in [2.75, 3.05) is 13.2 Å². The van der Waals surface area contributed by atoms with Crippen LogP contribution >= 0.6 is 0 Å². The van der Waals surface area contributed by atoms with Gasteiger partial charge in [0.05, 0.1) is 5.92 Å². The molecule has 0 saturated heterocycles. The van der Waals surface area contributed by atoms with E-state index in [2.05, 4.69) is 6.92 Å². The summed E-state index contributed by atoms with van der Waals surface area (Å²) in [5.74, 6) is -0.129. The molecule has 0 heterocycles. The molecule has 16 heavy (non-hydrogen) atoms. The summed E-state index contributed by atoms with van der Waals surface area (Å²) in [6.07, 6.45) is 7.33. The first kappa shape index (κ1) is 13.5. The monoisotopic (exact) mass is 228 g/mol. The maximum atomic E-state index is 10.8. The smallest absolute Gasteiger partial charge is 0.306 e. The van der Waals surface area contributed by atoms with Crippen LogP contribution in [0.4, 0.5) is 0 Å². The topological polar surface area (TPSA) is 46.5 Å². The van der Waals surface area contributed by atoms with E-state index in [1.165, 1.54) is 12.8 Å². The summed E-state index contributed by atoms with van der Waals surface area (Å²) in [4.78, 5) is 10.8. The molecule has 3 nitrogen and oxygen atoms in total. The van der Waals surface area contributed by atoms with Crippen LogP contribution in [0.3, 0.4) is 0 Å². The lowest BCUT2D eigenvalue weighted by Gasteiger charge is -2.25. The van der Waals surface area contributed by atoms with E-state index >= 15 is 0 Å². The van der Waals surface area contributed by atoms with Crippen LogP contribution < -0.4 is 0 Å². The second-order valence-corrected chi connectivity index (χ2v) is 4.84. The SMILES string of the molecule is CCCCCOCC1CCC(C(=O)O)CC1. The number of carboxylic acid groups (broad SMARTS) is 1. The van der Waals surface area contributed by atoms with Crippen LogP contribution in [-0.4, -0.2) is 24.3 Å². The molecule has 0 atom stereocenters. The zero-order chi connectivity index (χ0) is 11.8. The van der Waals surface area contributed by atoms with E-state index in [1.54, 1.807) is 0 Å². The fourth-order valence-electron chi connectivity index (χ4n) is 2.28. The van der Waals surface area contributed by atoms with Gasteiger partial charge in [0.15, 0.2) is 0 Å². The molecule has 0 aromatic carbocycles. The summed E-state index contributed by atoms with van der Waals surface area (Å²) in [6, 6.07) is 0. The molecular weight excluding hydrogens is 204 g/mol. The molecule has 1 aliphatic rings. The van der Waals surface area contributed by atoms with E-state index in [1.807, 2.05) is 0 Å². The second-order valence-electron chi connectivity index (χ2n) is 4.84. The van der Waals surface area contributed by atoms with Crippen LogP contribution in [0.5, 0.6) is 0 Å². The van der Waals surface area contributed by atoms with Crippen LogP contribution in [0, 0.1) is 11.8 Å². The molecule has 0 aliphatic heterocycles. The predicted octanol–water partition coefficient (Wildman–Crippen LogP) is 3.08. The van der Waals surface area contributed by atoms with E-state index < -0.39 is 5.97 Å². The molecule has 1 aliphatic carbocycles. The lowest BCUT2D eigenvalue weighted by molar-refractivity contribution is -0.143. The number of hydrogen-bond acceptors (Lipinski definition) is 2. The first-order valence-electron chi connectivity index (χ1n) is 6.54. The quantitative estimate of drug-likeness (QED) is 0.681.